The molecule has 3 aliphatic heterocycles. The zero-order chi connectivity index (χ0) is 16.2. The van der Waals surface area contributed by atoms with Crippen LogP contribution in [-0.4, -0.2) is 46.0 Å². The molecule has 4 nitrogen and oxygen atoms in total. The Balaban J connectivity index is 1.79. The fourth-order valence-corrected chi connectivity index (χ4v) is 22.4. The third kappa shape index (κ3) is 4.10. The van der Waals surface area contributed by atoms with Gasteiger partial charge < -0.3 is 17.1 Å². The van der Waals surface area contributed by atoms with Gasteiger partial charge in [-0.1, -0.05) is 12.2 Å². The molecule has 8 heteroatoms. The molecule has 0 bridgehead atoms. The molecule has 3 aliphatic rings. The summed E-state index contributed by atoms with van der Waals surface area (Å²) in [4.78, 5) is 0. The number of epoxide rings is 1. The minimum atomic E-state index is -2.16. The van der Waals surface area contributed by atoms with Gasteiger partial charge in [0, 0.05) is 24.2 Å². The molecule has 0 radical (unpaired) electrons. The van der Waals surface area contributed by atoms with Gasteiger partial charge in [0.25, 0.3) is 0 Å². The van der Waals surface area contributed by atoms with Crippen molar-refractivity contribution in [3.05, 3.63) is 12.2 Å². The van der Waals surface area contributed by atoms with E-state index in [0.29, 0.717) is 12.2 Å². The zero-order valence-corrected chi connectivity index (χ0v) is 18.8. The summed E-state index contributed by atoms with van der Waals surface area (Å²) in [5.74, 6) is 0. The number of hydrogen-bond donors (Lipinski definition) is 0. The smallest absolute Gasteiger partial charge is 0.326 e. The number of allylic oxidation sites excluding steroid dienone is 2. The van der Waals surface area contributed by atoms with E-state index < -0.39 is 33.8 Å². The quantitative estimate of drug-likeness (QED) is 0.401. The van der Waals surface area contributed by atoms with Crippen LogP contribution in [-0.2, 0) is 17.1 Å². The third-order valence-electron chi connectivity index (χ3n) is 4.09. The van der Waals surface area contributed by atoms with Gasteiger partial charge in [-0.2, -0.15) is 0 Å². The Labute approximate surface area is 138 Å². The Bertz CT molecular complexity index is 450. The predicted octanol–water partition coefficient (Wildman–Crippen LogP) is 3.94. The number of ether oxygens (including phenoxy) is 1. The second-order valence-corrected chi connectivity index (χ2v) is 25.0. The van der Waals surface area contributed by atoms with Crippen LogP contribution in [0.25, 0.3) is 0 Å². The van der Waals surface area contributed by atoms with Gasteiger partial charge in [0.15, 0.2) is 16.6 Å². The van der Waals surface area contributed by atoms with Gasteiger partial charge in [0.05, 0.1) is 12.2 Å². The molecule has 0 aromatic rings. The molecule has 0 saturated carbocycles. The molecule has 0 aromatic carbocycles. The molecular weight excluding hydrogens is 344 g/mol. The first-order valence-corrected chi connectivity index (χ1v) is 19.7. The van der Waals surface area contributed by atoms with E-state index in [2.05, 4.69) is 51.4 Å². The monoisotopic (exact) mass is 374 g/mol. The van der Waals surface area contributed by atoms with Crippen LogP contribution in [0.1, 0.15) is 0 Å². The summed E-state index contributed by atoms with van der Waals surface area (Å²) < 4.78 is 26.0. The fraction of sp³-hybridized carbons (Fsp3) is 0.857. The van der Waals surface area contributed by atoms with E-state index in [1.54, 1.807) is 0 Å². The minimum absolute atomic E-state index is 0.412. The van der Waals surface area contributed by atoms with E-state index in [0.717, 1.165) is 24.2 Å². The van der Waals surface area contributed by atoms with Crippen molar-refractivity contribution in [2.75, 3.05) is 0 Å². The van der Waals surface area contributed by atoms with Gasteiger partial charge in [0.1, 0.15) is 0 Å². The van der Waals surface area contributed by atoms with Gasteiger partial charge in [-0.15, -0.1) is 0 Å². The van der Waals surface area contributed by atoms with Crippen LogP contribution in [0.4, 0.5) is 0 Å². The molecule has 2 saturated heterocycles. The summed E-state index contributed by atoms with van der Waals surface area (Å²) in [6.07, 6.45) is 5.34. The van der Waals surface area contributed by atoms with Crippen LogP contribution in [0.2, 0.25) is 63.5 Å². The molecule has 3 rings (SSSR count). The Hall–Kier alpha value is 0.448. The predicted molar refractivity (Wildman–Crippen MR) is 98.5 cm³/mol. The molecule has 126 valence electrons. The summed E-state index contributed by atoms with van der Waals surface area (Å²) in [6.45, 7) is 13.6. The van der Waals surface area contributed by atoms with Crippen LogP contribution < -0.4 is 0 Å². The molecule has 2 atom stereocenters. The summed E-state index contributed by atoms with van der Waals surface area (Å²) in [6, 6.07) is 4.03. The fourth-order valence-electron chi connectivity index (χ4n) is 3.67. The Morgan fingerprint density at radius 3 is 1.73 bits per heavy atom. The third-order valence-corrected chi connectivity index (χ3v) is 18.7. The molecule has 0 spiro atoms. The van der Waals surface area contributed by atoms with E-state index in [1.165, 1.54) is 0 Å². The van der Waals surface area contributed by atoms with E-state index in [4.69, 9.17) is 17.1 Å². The van der Waals surface area contributed by atoms with E-state index in [1.807, 2.05) is 0 Å². The molecule has 2 fully saturated rings. The number of hydrogen-bond acceptors (Lipinski definition) is 4. The number of rotatable bonds is 6. The van der Waals surface area contributed by atoms with Crippen molar-refractivity contribution in [2.45, 2.75) is 75.7 Å². The van der Waals surface area contributed by atoms with Crippen molar-refractivity contribution in [3.8, 4) is 0 Å². The van der Waals surface area contributed by atoms with Gasteiger partial charge in [-0.05, 0) is 39.3 Å². The van der Waals surface area contributed by atoms with Crippen molar-refractivity contribution >= 4 is 33.8 Å². The molecule has 0 amide bonds. The molecule has 22 heavy (non-hydrogen) atoms. The van der Waals surface area contributed by atoms with E-state index in [-0.39, 0.29) is 0 Å². The standard InChI is InChI=1S/C14H30O4Si4/c1-19(2,3)16-21(9-7-8-10-21)18-22(17-20(4,5)6)11-13-14(12-22)15-13/h7-8,13-14H,9-12H2,1-6H3. The first-order valence-electron chi connectivity index (χ1n) is 8.41. The van der Waals surface area contributed by atoms with Crippen molar-refractivity contribution in [2.24, 2.45) is 0 Å². The van der Waals surface area contributed by atoms with Gasteiger partial charge in [-0.25, -0.2) is 0 Å². The van der Waals surface area contributed by atoms with Gasteiger partial charge in [0.2, 0.25) is 0 Å². The summed E-state index contributed by atoms with van der Waals surface area (Å²) in [5, 5.41) is 0. The number of fused-ring (bicyclic) bond motifs is 1. The maximum Gasteiger partial charge on any atom is 0.326 e. The van der Waals surface area contributed by atoms with Crippen molar-refractivity contribution in [1.82, 2.24) is 0 Å². The SMILES string of the molecule is C[Si](C)(C)O[Si]1(O[Si]2(O[Si](C)(C)C)CC3OC3C2)CC=CC1. The maximum atomic E-state index is 6.96. The summed E-state index contributed by atoms with van der Waals surface area (Å²) >= 11 is 0. The highest BCUT2D eigenvalue weighted by atomic mass is 28.5. The molecular formula is C14H30O4Si4. The highest BCUT2D eigenvalue weighted by Crippen LogP contribution is 2.49. The topological polar surface area (TPSA) is 40.2 Å². The van der Waals surface area contributed by atoms with Crippen LogP contribution in [0.5, 0.6) is 0 Å². The van der Waals surface area contributed by atoms with Gasteiger partial charge in [-0.3, -0.25) is 0 Å². The first kappa shape index (κ1) is 17.3. The van der Waals surface area contributed by atoms with Crippen LogP contribution in [0.3, 0.4) is 0 Å². The lowest BCUT2D eigenvalue weighted by Crippen LogP contribution is -2.59. The normalized spacial score (nSPS) is 36.6. The zero-order valence-electron chi connectivity index (χ0n) is 14.8. The second kappa shape index (κ2) is 5.48. The minimum Gasteiger partial charge on any atom is -0.436 e. The Morgan fingerprint density at radius 1 is 0.818 bits per heavy atom. The van der Waals surface area contributed by atoms with Crippen LogP contribution in [0.15, 0.2) is 12.2 Å². The lowest BCUT2D eigenvalue weighted by atomic mass is 10.4. The van der Waals surface area contributed by atoms with Crippen molar-refractivity contribution in [1.29, 1.82) is 0 Å². The molecule has 0 aromatic heterocycles. The lowest BCUT2D eigenvalue weighted by Gasteiger charge is -2.43. The van der Waals surface area contributed by atoms with Crippen molar-refractivity contribution in [3.63, 3.8) is 0 Å². The van der Waals surface area contributed by atoms with Crippen LogP contribution in [0, 0.1) is 0 Å². The highest BCUT2D eigenvalue weighted by Gasteiger charge is 2.64. The first-order chi connectivity index (χ1) is 10.0. The molecule has 0 N–H and O–H groups in total. The van der Waals surface area contributed by atoms with Gasteiger partial charge >= 0.3 is 17.1 Å². The maximum absolute atomic E-state index is 6.96. The molecule has 3 heterocycles. The average Bonchev–Trinajstić information content (AvgIpc) is 2.71. The average molecular weight is 375 g/mol. The highest BCUT2D eigenvalue weighted by molar-refractivity contribution is 6.91. The second-order valence-electron chi connectivity index (χ2n) is 8.85. The lowest BCUT2D eigenvalue weighted by molar-refractivity contribution is 0.284. The Kier molecular flexibility index (Phi) is 4.30. The largest absolute Gasteiger partial charge is 0.436 e. The molecule has 2 unspecified atom stereocenters. The molecule has 0 aliphatic carbocycles. The van der Waals surface area contributed by atoms with E-state index >= 15 is 0 Å². The van der Waals surface area contributed by atoms with E-state index in [9.17, 15) is 0 Å². The summed E-state index contributed by atoms with van der Waals surface area (Å²) in [7, 11) is -7.57. The van der Waals surface area contributed by atoms with Crippen LogP contribution >= 0.6 is 0 Å². The van der Waals surface area contributed by atoms with Crippen molar-refractivity contribution < 1.29 is 17.1 Å². The Morgan fingerprint density at radius 2 is 1.27 bits per heavy atom. The summed E-state index contributed by atoms with van der Waals surface area (Å²) in [5.41, 5.74) is 0.